The number of halogens is 2. The third-order valence-electron chi connectivity index (χ3n) is 5.87. The van der Waals surface area contributed by atoms with Crippen molar-refractivity contribution in [2.75, 3.05) is 13.1 Å². The Balaban J connectivity index is 1.31. The molecule has 11 heteroatoms. The number of imidazole rings is 1. The number of rotatable bonds is 4. The topological polar surface area (TPSA) is 93.9 Å². The van der Waals surface area contributed by atoms with Crippen LogP contribution in [-0.4, -0.2) is 47.8 Å². The van der Waals surface area contributed by atoms with Crippen molar-refractivity contribution in [1.29, 1.82) is 0 Å². The van der Waals surface area contributed by atoms with Gasteiger partial charge in [-0.2, -0.15) is 17.2 Å². The molecule has 0 aliphatic carbocycles. The molecule has 0 unspecified atom stereocenters. The van der Waals surface area contributed by atoms with Crippen LogP contribution in [0.2, 0.25) is 0 Å². The van der Waals surface area contributed by atoms with Gasteiger partial charge in [0.1, 0.15) is 11.5 Å². The number of amidine groups is 1. The number of nitrogens with zero attached hydrogens (tertiary/aromatic N) is 4. The molecule has 1 aromatic heterocycles. The van der Waals surface area contributed by atoms with E-state index in [2.05, 4.69) is 9.38 Å². The molecule has 2 aliphatic rings. The van der Waals surface area contributed by atoms with Crippen LogP contribution in [0.3, 0.4) is 0 Å². The molecule has 2 aromatic carbocycles. The van der Waals surface area contributed by atoms with Gasteiger partial charge in [-0.1, -0.05) is 24.3 Å². The van der Waals surface area contributed by atoms with Crippen molar-refractivity contribution in [3.05, 3.63) is 59.9 Å². The average Bonchev–Trinajstić information content (AvgIpc) is 3.32. The van der Waals surface area contributed by atoms with E-state index < -0.39 is 28.5 Å². The van der Waals surface area contributed by atoms with Gasteiger partial charge in [0.2, 0.25) is 0 Å². The summed E-state index contributed by atoms with van der Waals surface area (Å²) >= 11 is 0. The van der Waals surface area contributed by atoms with Crippen LogP contribution >= 0.6 is 0 Å². The first-order chi connectivity index (χ1) is 15.8. The third-order valence-corrected chi connectivity index (χ3v) is 7.20. The molecule has 0 N–H and O–H groups in total. The molecule has 3 aromatic rings. The summed E-state index contributed by atoms with van der Waals surface area (Å²) in [4.78, 5) is 18.9. The van der Waals surface area contributed by atoms with Gasteiger partial charge in [-0.3, -0.25) is 9.36 Å². The van der Waals surface area contributed by atoms with Gasteiger partial charge in [0.25, 0.3) is 10.0 Å². The molecule has 33 heavy (non-hydrogen) atoms. The van der Waals surface area contributed by atoms with E-state index in [1.165, 1.54) is 12.1 Å². The number of para-hydroxylation sites is 2. The zero-order valence-corrected chi connectivity index (χ0v) is 18.2. The number of benzene rings is 2. The first-order valence-electron chi connectivity index (χ1n) is 10.4. The zero-order chi connectivity index (χ0) is 23.2. The first-order valence-corrected chi connectivity index (χ1v) is 11.9. The maximum atomic E-state index is 13.6. The smallest absolute Gasteiger partial charge is 0.320 e. The lowest BCUT2D eigenvalue weighted by Gasteiger charge is -2.32. The standard InChI is InChI=1S/C22H20F2N4O4S/c23-22(24)28-17-9-3-2-8-16(17)25-19(28)13-32-21(29)14-6-5-11-27(12-14)20-15-7-1-4-10-18(15)33(30,31)26-20/h1-4,7-10,14,22H,5-6,11-13H2/t14-/m1/s1. The Bertz CT molecular complexity index is 1370. The maximum absolute atomic E-state index is 13.6. The molecular weight excluding hydrogens is 454 g/mol. The quantitative estimate of drug-likeness (QED) is 0.539. The molecule has 0 radical (unpaired) electrons. The highest BCUT2D eigenvalue weighted by Crippen LogP contribution is 2.30. The number of likely N-dealkylation sites (tertiary alicyclic amines) is 1. The predicted molar refractivity (Wildman–Crippen MR) is 115 cm³/mol. The van der Waals surface area contributed by atoms with E-state index in [-0.39, 0.29) is 29.4 Å². The number of hydrogen-bond acceptors (Lipinski definition) is 6. The van der Waals surface area contributed by atoms with Gasteiger partial charge >= 0.3 is 12.5 Å². The van der Waals surface area contributed by atoms with Gasteiger partial charge in [0, 0.05) is 18.7 Å². The molecule has 1 saturated heterocycles. The van der Waals surface area contributed by atoms with Crippen LogP contribution in [0, 0.1) is 5.92 Å². The van der Waals surface area contributed by atoms with E-state index in [9.17, 15) is 22.0 Å². The fourth-order valence-electron chi connectivity index (χ4n) is 4.35. The summed E-state index contributed by atoms with van der Waals surface area (Å²) in [5.74, 6) is -0.793. The van der Waals surface area contributed by atoms with E-state index in [1.54, 1.807) is 41.3 Å². The van der Waals surface area contributed by atoms with E-state index in [0.29, 0.717) is 36.3 Å². The van der Waals surface area contributed by atoms with Crippen molar-refractivity contribution in [2.24, 2.45) is 10.3 Å². The number of sulfonamides is 1. The van der Waals surface area contributed by atoms with Crippen LogP contribution in [0.25, 0.3) is 11.0 Å². The average molecular weight is 474 g/mol. The van der Waals surface area contributed by atoms with Crippen LogP contribution in [-0.2, 0) is 26.2 Å². The predicted octanol–water partition coefficient (Wildman–Crippen LogP) is 3.34. The van der Waals surface area contributed by atoms with Crippen LogP contribution < -0.4 is 0 Å². The van der Waals surface area contributed by atoms with Crippen LogP contribution in [0.1, 0.15) is 30.8 Å². The summed E-state index contributed by atoms with van der Waals surface area (Å²) < 4.78 is 62.0. The number of piperidine rings is 1. The van der Waals surface area contributed by atoms with E-state index in [1.807, 2.05) is 0 Å². The summed E-state index contributed by atoms with van der Waals surface area (Å²) in [6, 6.07) is 13.1. The third kappa shape index (κ3) is 3.86. The van der Waals surface area contributed by atoms with E-state index >= 15 is 0 Å². The number of aromatic nitrogens is 2. The second-order valence-electron chi connectivity index (χ2n) is 7.94. The number of fused-ring (bicyclic) bond motifs is 2. The Morgan fingerprint density at radius 3 is 2.73 bits per heavy atom. The van der Waals surface area contributed by atoms with Crippen molar-refractivity contribution in [2.45, 2.75) is 30.9 Å². The number of carbonyl (C=O) groups excluding carboxylic acids is 1. The van der Waals surface area contributed by atoms with Gasteiger partial charge in [-0.15, -0.1) is 4.40 Å². The van der Waals surface area contributed by atoms with Gasteiger partial charge < -0.3 is 9.64 Å². The summed E-state index contributed by atoms with van der Waals surface area (Å²) in [6.07, 6.45) is 1.18. The highest BCUT2D eigenvalue weighted by molar-refractivity contribution is 7.90. The fourth-order valence-corrected chi connectivity index (χ4v) is 5.57. The minimum Gasteiger partial charge on any atom is -0.457 e. The zero-order valence-electron chi connectivity index (χ0n) is 17.4. The van der Waals surface area contributed by atoms with Crippen molar-refractivity contribution in [3.8, 4) is 0 Å². The number of ether oxygens (including phenoxy) is 1. The maximum Gasteiger partial charge on any atom is 0.320 e. The molecule has 8 nitrogen and oxygen atoms in total. The largest absolute Gasteiger partial charge is 0.457 e. The van der Waals surface area contributed by atoms with Crippen LogP contribution in [0.4, 0.5) is 8.78 Å². The van der Waals surface area contributed by atoms with Crippen molar-refractivity contribution < 1.29 is 26.7 Å². The van der Waals surface area contributed by atoms with Crippen molar-refractivity contribution >= 4 is 32.9 Å². The Labute approximate surface area is 188 Å². The summed E-state index contributed by atoms with van der Waals surface area (Å²) in [7, 11) is -3.77. The first kappa shape index (κ1) is 21.5. The molecule has 3 heterocycles. The molecule has 172 valence electrons. The Morgan fingerprint density at radius 2 is 1.91 bits per heavy atom. The SMILES string of the molecule is O=C(OCc1nc2ccccc2n1C(F)F)[C@@H]1CCCN(C2=NS(=O)(=O)c3ccccc32)C1. The molecule has 1 atom stereocenters. The van der Waals surface area contributed by atoms with E-state index in [4.69, 9.17) is 4.74 Å². The summed E-state index contributed by atoms with van der Waals surface area (Å²) in [5, 5.41) is 0. The molecule has 1 fully saturated rings. The number of esters is 1. The Hall–Kier alpha value is -3.34. The lowest BCUT2D eigenvalue weighted by Crippen LogP contribution is -2.42. The van der Waals surface area contributed by atoms with Crippen LogP contribution in [0.15, 0.2) is 57.8 Å². The van der Waals surface area contributed by atoms with Gasteiger partial charge in [0.15, 0.2) is 11.7 Å². The minimum absolute atomic E-state index is 0.0348. The van der Waals surface area contributed by atoms with Crippen molar-refractivity contribution in [3.63, 3.8) is 0 Å². The second kappa shape index (κ2) is 8.22. The summed E-state index contributed by atoms with van der Waals surface area (Å²) in [5.41, 5.74) is 1.17. The highest BCUT2D eigenvalue weighted by atomic mass is 32.2. The Morgan fingerprint density at radius 1 is 1.15 bits per heavy atom. The van der Waals surface area contributed by atoms with Crippen molar-refractivity contribution in [1.82, 2.24) is 14.5 Å². The normalized spacial score (nSPS) is 19.5. The number of alkyl halides is 2. The number of hydrogen-bond donors (Lipinski definition) is 0. The molecule has 2 aliphatic heterocycles. The van der Waals surface area contributed by atoms with Gasteiger partial charge in [0.05, 0.1) is 17.0 Å². The van der Waals surface area contributed by atoms with Gasteiger partial charge in [-0.25, -0.2) is 4.98 Å². The second-order valence-corrected chi connectivity index (χ2v) is 9.52. The monoisotopic (exact) mass is 474 g/mol. The molecule has 0 saturated carbocycles. The molecular formula is C22H20F2N4O4S. The van der Waals surface area contributed by atoms with Crippen LogP contribution in [0.5, 0.6) is 0 Å². The fraction of sp³-hybridized carbons (Fsp3) is 0.318. The molecule has 0 amide bonds. The lowest BCUT2D eigenvalue weighted by atomic mass is 9.97. The molecule has 0 bridgehead atoms. The number of carbonyl (C=O) groups is 1. The minimum atomic E-state index is -3.77. The Kier molecular flexibility index (Phi) is 5.35. The summed E-state index contributed by atoms with van der Waals surface area (Å²) in [6.45, 7) is -2.42. The molecule has 5 rings (SSSR count). The lowest BCUT2D eigenvalue weighted by molar-refractivity contribution is -0.151. The molecule has 0 spiro atoms. The van der Waals surface area contributed by atoms with Gasteiger partial charge in [-0.05, 0) is 37.1 Å². The van der Waals surface area contributed by atoms with E-state index in [0.717, 1.165) is 4.57 Å². The highest BCUT2D eigenvalue weighted by Gasteiger charge is 2.35.